The summed E-state index contributed by atoms with van der Waals surface area (Å²) >= 11 is 0. The second-order valence-electron chi connectivity index (χ2n) is 4.07. The predicted molar refractivity (Wildman–Crippen MR) is 56.8 cm³/mol. The van der Waals surface area contributed by atoms with Gasteiger partial charge in [0.15, 0.2) is 9.84 Å². The maximum absolute atomic E-state index is 3.68. The zero-order valence-corrected chi connectivity index (χ0v) is 9.81. The number of nitrogens with one attached hydrogen (secondary N) is 2. The lowest BCUT2D eigenvalue weighted by Crippen LogP contribution is -2.43. The van der Waals surface area contributed by atoms with Crippen LogP contribution >= 0.6 is 0 Å². The first kappa shape index (κ1) is 10.2. The molecule has 0 aromatic rings. The van der Waals surface area contributed by atoms with Gasteiger partial charge < -0.3 is 9.96 Å². The van der Waals surface area contributed by atoms with Crippen molar-refractivity contribution in [2.75, 3.05) is 0 Å². The van der Waals surface area contributed by atoms with Crippen molar-refractivity contribution in [1.82, 2.24) is 9.96 Å². The van der Waals surface area contributed by atoms with E-state index >= 15 is 0 Å². The van der Waals surface area contributed by atoms with E-state index in [1.54, 1.807) is 0 Å². The third-order valence-electron chi connectivity index (χ3n) is 2.51. The minimum absolute atomic E-state index is 0.181. The summed E-state index contributed by atoms with van der Waals surface area (Å²) in [5.41, 5.74) is 0. The Bertz CT molecular complexity index is 111. The molecular weight excluding hydrogens is 164 g/mol. The Balaban J connectivity index is 1.98. The fourth-order valence-electron chi connectivity index (χ4n) is 1.71. The van der Waals surface area contributed by atoms with Crippen LogP contribution in [0.5, 0.6) is 0 Å². The molecule has 0 amide bonds. The first-order valence-electron chi connectivity index (χ1n) is 5.26. The lowest BCUT2D eigenvalue weighted by atomic mass is 9.96. The van der Waals surface area contributed by atoms with Gasteiger partial charge in [-0.15, -0.1) is 0 Å². The van der Waals surface area contributed by atoms with Crippen LogP contribution in [0, 0.1) is 0 Å². The van der Waals surface area contributed by atoms with E-state index in [-0.39, 0.29) is 9.84 Å². The fourth-order valence-corrected chi connectivity index (χ4v) is 2.94. The summed E-state index contributed by atoms with van der Waals surface area (Å²) in [5.74, 6) is 0. The molecule has 0 aromatic heterocycles. The molecule has 2 nitrogen and oxygen atoms in total. The smallest absolute Gasteiger partial charge is 0.168 e. The molecule has 12 heavy (non-hydrogen) atoms. The molecule has 3 heteroatoms. The maximum atomic E-state index is 3.68. The van der Waals surface area contributed by atoms with Gasteiger partial charge in [0, 0.05) is 6.04 Å². The third kappa shape index (κ3) is 4.23. The van der Waals surface area contributed by atoms with Gasteiger partial charge in [-0.2, -0.15) is 0 Å². The molecule has 0 spiro atoms. The van der Waals surface area contributed by atoms with E-state index in [1.165, 1.54) is 32.1 Å². The number of rotatable bonds is 4. The highest BCUT2D eigenvalue weighted by atomic mass is 28.2. The molecule has 0 unspecified atom stereocenters. The normalized spacial score (nSPS) is 21.2. The second-order valence-corrected chi connectivity index (χ2v) is 5.24. The van der Waals surface area contributed by atoms with E-state index in [9.17, 15) is 0 Å². The van der Waals surface area contributed by atoms with Crippen LogP contribution in [0.1, 0.15) is 46.0 Å². The Morgan fingerprint density at radius 2 is 1.83 bits per heavy atom. The van der Waals surface area contributed by atoms with Crippen LogP contribution in [0.2, 0.25) is 0 Å². The Labute approximate surface area is 78.5 Å². The van der Waals surface area contributed by atoms with Crippen molar-refractivity contribution in [1.29, 1.82) is 0 Å². The molecule has 0 aromatic carbocycles. The summed E-state index contributed by atoms with van der Waals surface area (Å²) in [6.45, 7) is 4.44. The van der Waals surface area contributed by atoms with Gasteiger partial charge >= 0.3 is 0 Å². The Morgan fingerprint density at radius 3 is 2.42 bits per heavy atom. The summed E-state index contributed by atoms with van der Waals surface area (Å²) in [7, 11) is -0.181. The van der Waals surface area contributed by atoms with E-state index in [0.29, 0.717) is 6.04 Å². The summed E-state index contributed by atoms with van der Waals surface area (Å²) in [5, 5.41) is 0. The van der Waals surface area contributed by atoms with Crippen molar-refractivity contribution in [3.63, 3.8) is 0 Å². The topological polar surface area (TPSA) is 24.1 Å². The highest BCUT2D eigenvalue weighted by molar-refractivity contribution is 6.28. The second kappa shape index (κ2) is 5.73. The minimum Gasteiger partial charge on any atom is -0.328 e. The fraction of sp³-hybridized carbons (Fsp3) is 1.00. The molecule has 1 saturated carbocycles. The van der Waals surface area contributed by atoms with Gasteiger partial charge in [-0.05, 0) is 18.9 Å². The van der Waals surface area contributed by atoms with Crippen molar-refractivity contribution in [3.8, 4) is 0 Å². The number of hydrogen-bond donors (Lipinski definition) is 2. The molecule has 2 N–H and O–H groups in total. The van der Waals surface area contributed by atoms with Gasteiger partial charge in [0.1, 0.15) is 0 Å². The molecule has 1 aliphatic rings. The average molecular weight is 186 g/mol. The SMILES string of the molecule is CC(C)N[SiH2]NC1CCCCC1. The van der Waals surface area contributed by atoms with Gasteiger partial charge in [0.2, 0.25) is 0 Å². The quantitative estimate of drug-likeness (QED) is 0.638. The van der Waals surface area contributed by atoms with Gasteiger partial charge in [-0.25, -0.2) is 0 Å². The Morgan fingerprint density at radius 1 is 1.17 bits per heavy atom. The average Bonchev–Trinajstić information content (AvgIpc) is 2.05. The van der Waals surface area contributed by atoms with Gasteiger partial charge in [-0.3, -0.25) is 0 Å². The van der Waals surface area contributed by atoms with E-state index in [4.69, 9.17) is 0 Å². The molecule has 0 bridgehead atoms. The predicted octanol–water partition coefficient (Wildman–Crippen LogP) is 0.905. The zero-order valence-electron chi connectivity index (χ0n) is 8.40. The minimum atomic E-state index is -0.181. The van der Waals surface area contributed by atoms with Crippen LogP contribution in [0.15, 0.2) is 0 Å². The molecule has 0 radical (unpaired) electrons. The Hall–Kier alpha value is 0.137. The maximum Gasteiger partial charge on any atom is 0.168 e. The van der Waals surface area contributed by atoms with Crippen molar-refractivity contribution >= 4 is 9.84 Å². The van der Waals surface area contributed by atoms with E-state index < -0.39 is 0 Å². The van der Waals surface area contributed by atoms with E-state index in [2.05, 4.69) is 23.8 Å². The van der Waals surface area contributed by atoms with Crippen molar-refractivity contribution in [3.05, 3.63) is 0 Å². The Kier molecular flexibility index (Phi) is 4.88. The van der Waals surface area contributed by atoms with Crippen LogP contribution in [0.25, 0.3) is 0 Å². The van der Waals surface area contributed by atoms with E-state index in [0.717, 1.165) is 6.04 Å². The number of hydrogen-bond acceptors (Lipinski definition) is 2. The highest BCUT2D eigenvalue weighted by Crippen LogP contribution is 2.16. The molecule has 0 saturated heterocycles. The lowest BCUT2D eigenvalue weighted by molar-refractivity contribution is 0.416. The standard InChI is InChI=1S/C9H22N2Si/c1-8(2)10-12-11-9-6-4-3-5-7-9/h8-11H,3-7,12H2,1-2H3. The zero-order chi connectivity index (χ0) is 8.81. The molecule has 0 aliphatic heterocycles. The van der Waals surface area contributed by atoms with Crippen LogP contribution in [-0.4, -0.2) is 21.9 Å². The third-order valence-corrected chi connectivity index (χ3v) is 4.31. The lowest BCUT2D eigenvalue weighted by Gasteiger charge is -2.23. The monoisotopic (exact) mass is 186 g/mol. The summed E-state index contributed by atoms with van der Waals surface area (Å²) in [4.78, 5) is 7.20. The van der Waals surface area contributed by atoms with Crippen molar-refractivity contribution in [2.45, 2.75) is 58.0 Å². The largest absolute Gasteiger partial charge is 0.328 e. The molecule has 0 heterocycles. The summed E-state index contributed by atoms with van der Waals surface area (Å²) < 4.78 is 0. The van der Waals surface area contributed by atoms with Crippen LogP contribution < -0.4 is 9.96 Å². The van der Waals surface area contributed by atoms with Crippen molar-refractivity contribution < 1.29 is 0 Å². The molecule has 0 atom stereocenters. The van der Waals surface area contributed by atoms with Crippen molar-refractivity contribution in [2.24, 2.45) is 0 Å². The van der Waals surface area contributed by atoms with Crippen LogP contribution in [0.3, 0.4) is 0 Å². The highest BCUT2D eigenvalue weighted by Gasteiger charge is 2.11. The van der Waals surface area contributed by atoms with Gasteiger partial charge in [-0.1, -0.05) is 33.1 Å². The van der Waals surface area contributed by atoms with Crippen LogP contribution in [-0.2, 0) is 0 Å². The summed E-state index contributed by atoms with van der Waals surface area (Å²) in [6, 6.07) is 1.50. The van der Waals surface area contributed by atoms with Gasteiger partial charge in [0.05, 0.1) is 0 Å². The van der Waals surface area contributed by atoms with E-state index in [1.807, 2.05) is 0 Å². The first-order valence-corrected chi connectivity index (χ1v) is 6.67. The molecular formula is C9H22N2Si. The molecule has 72 valence electrons. The molecule has 1 rings (SSSR count). The molecule has 1 aliphatic carbocycles. The van der Waals surface area contributed by atoms with Gasteiger partial charge in [0.25, 0.3) is 0 Å². The molecule has 1 fully saturated rings. The van der Waals surface area contributed by atoms with Crippen LogP contribution in [0.4, 0.5) is 0 Å². The first-order chi connectivity index (χ1) is 5.79. The summed E-state index contributed by atoms with van der Waals surface area (Å²) in [6.07, 6.45) is 7.15.